The minimum absolute atomic E-state index is 0.0906. The molecule has 0 aliphatic rings. The largest absolute Gasteiger partial charge is 0.462 e. The summed E-state index contributed by atoms with van der Waals surface area (Å²) in [5, 5.41) is 0. The summed E-state index contributed by atoms with van der Waals surface area (Å²) in [6.45, 7) is 6.38. The van der Waals surface area contributed by atoms with E-state index in [1.54, 1.807) is 6.08 Å². The number of unbranched alkanes of at least 4 members (excludes halogenated alkanes) is 26. The first-order valence-electron chi connectivity index (χ1n) is 31.5. The normalized spacial score (nSPS) is 12.9. The molecule has 0 N–H and O–H groups in total. The number of ether oxygens (including phenoxy) is 3. The average molecular weight is 1050 g/mol. The SMILES string of the molecule is CC/C=C\C/C=C\C/C=C\C/C=C\C/C=C\CC(=O)OC(COC(=O)CCCCCCC/C=C\C/C=C\CCCC)COC(=O)CCCCCCCCCCCCCCCC/C=C\C/C=C\C/C=C\CCCCCCC. The molecule has 0 saturated heterocycles. The quantitative estimate of drug-likeness (QED) is 0.0261. The van der Waals surface area contributed by atoms with Gasteiger partial charge in [-0.2, -0.15) is 0 Å². The lowest BCUT2D eigenvalue weighted by molar-refractivity contribution is -0.166. The maximum atomic E-state index is 12.8. The maximum Gasteiger partial charge on any atom is 0.310 e. The fraction of sp³-hybridized carbons (Fsp3) is 0.671. The number of esters is 3. The van der Waals surface area contributed by atoms with Gasteiger partial charge in [0.2, 0.25) is 0 Å². The number of allylic oxidation sites excluding steroid dienone is 19. The summed E-state index contributed by atoms with van der Waals surface area (Å²) in [7, 11) is 0. The van der Waals surface area contributed by atoms with E-state index >= 15 is 0 Å². The predicted octanol–water partition coefficient (Wildman–Crippen LogP) is 21.6. The van der Waals surface area contributed by atoms with Gasteiger partial charge in [-0.1, -0.05) is 277 Å². The van der Waals surface area contributed by atoms with E-state index in [4.69, 9.17) is 14.2 Å². The lowest BCUT2D eigenvalue weighted by Crippen LogP contribution is -2.30. The van der Waals surface area contributed by atoms with Crippen molar-refractivity contribution < 1.29 is 28.6 Å². The summed E-state index contributed by atoms with van der Waals surface area (Å²) in [5.41, 5.74) is 0. The van der Waals surface area contributed by atoms with Crippen LogP contribution >= 0.6 is 0 Å². The molecule has 0 fully saturated rings. The molecule has 0 aliphatic carbocycles. The topological polar surface area (TPSA) is 78.9 Å². The van der Waals surface area contributed by atoms with Gasteiger partial charge < -0.3 is 14.2 Å². The van der Waals surface area contributed by atoms with Gasteiger partial charge >= 0.3 is 17.9 Å². The zero-order valence-corrected chi connectivity index (χ0v) is 49.5. The van der Waals surface area contributed by atoms with E-state index in [2.05, 4.69) is 130 Å². The van der Waals surface area contributed by atoms with Crippen LogP contribution in [0.4, 0.5) is 0 Å². The molecule has 1 atom stereocenters. The van der Waals surface area contributed by atoms with Crippen molar-refractivity contribution >= 4 is 17.9 Å². The van der Waals surface area contributed by atoms with E-state index in [0.29, 0.717) is 19.3 Å². The van der Waals surface area contributed by atoms with Crippen molar-refractivity contribution in [2.75, 3.05) is 13.2 Å². The van der Waals surface area contributed by atoms with Gasteiger partial charge in [-0.05, 0) is 109 Å². The highest BCUT2D eigenvalue weighted by atomic mass is 16.6. The van der Waals surface area contributed by atoms with Crippen molar-refractivity contribution in [3.8, 4) is 0 Å². The Balaban J connectivity index is 4.32. The molecule has 432 valence electrons. The molecule has 0 saturated carbocycles. The van der Waals surface area contributed by atoms with Crippen LogP contribution in [0.5, 0.6) is 0 Å². The zero-order valence-electron chi connectivity index (χ0n) is 49.5. The van der Waals surface area contributed by atoms with Crippen LogP contribution < -0.4 is 0 Å². The highest BCUT2D eigenvalue weighted by Gasteiger charge is 2.19. The Bertz CT molecular complexity index is 1590. The lowest BCUT2D eigenvalue weighted by Gasteiger charge is -2.18. The van der Waals surface area contributed by atoms with Gasteiger partial charge in [0, 0.05) is 12.8 Å². The van der Waals surface area contributed by atoms with Crippen LogP contribution in [-0.2, 0) is 28.6 Å². The highest BCUT2D eigenvalue weighted by Crippen LogP contribution is 2.15. The molecule has 6 nitrogen and oxygen atoms in total. The maximum absolute atomic E-state index is 12.8. The van der Waals surface area contributed by atoms with E-state index < -0.39 is 12.1 Å². The van der Waals surface area contributed by atoms with E-state index in [0.717, 1.165) is 103 Å². The van der Waals surface area contributed by atoms with Gasteiger partial charge in [0.1, 0.15) is 13.2 Å². The summed E-state index contributed by atoms with van der Waals surface area (Å²) in [5.74, 6) is -1.07. The molecule has 0 rings (SSSR count). The number of rotatable bonds is 56. The molecule has 0 amide bonds. The molecule has 6 heteroatoms. The second kappa shape index (κ2) is 63.3. The standard InChI is InChI=1S/C70H116O6/c1-4-7-10-13-16-19-22-25-28-29-30-31-32-33-34-35-36-37-38-39-40-41-43-45-48-51-54-57-60-63-69(72)75-66-67(65-74-68(71)62-59-56-53-50-47-44-27-24-21-18-15-12-9-6-3)76-70(73)64-61-58-55-52-49-46-42-26-23-20-17-14-11-8-5-2/h8,11,15,17-18,20,22,24-27,29-30,32-33,42,49,52,58,61,67H,4-7,9-10,12-14,16,19,21,23,28,31,34-41,43-48,50-51,53-57,59-60,62-66H2,1-3H3/b11-8-,18-15-,20-17-,25-22-,27-24-,30-29-,33-32-,42-26-,52-49-,61-58-. The second-order valence-electron chi connectivity index (χ2n) is 20.6. The fourth-order valence-corrected chi connectivity index (χ4v) is 8.48. The van der Waals surface area contributed by atoms with Crippen molar-refractivity contribution in [3.05, 3.63) is 122 Å². The second-order valence-corrected chi connectivity index (χ2v) is 20.6. The van der Waals surface area contributed by atoms with Gasteiger partial charge in [-0.3, -0.25) is 14.4 Å². The van der Waals surface area contributed by atoms with Gasteiger partial charge in [0.25, 0.3) is 0 Å². The molecule has 0 spiro atoms. The Labute approximate surface area is 469 Å². The Morgan fingerprint density at radius 1 is 0.289 bits per heavy atom. The molecule has 1 unspecified atom stereocenters. The number of hydrogen-bond acceptors (Lipinski definition) is 6. The molecule has 0 radical (unpaired) electrons. The Morgan fingerprint density at radius 3 is 0.908 bits per heavy atom. The molecule has 0 bridgehead atoms. The van der Waals surface area contributed by atoms with Crippen molar-refractivity contribution in [1.29, 1.82) is 0 Å². The number of carbonyl (C=O) groups is 3. The van der Waals surface area contributed by atoms with Gasteiger partial charge in [-0.25, -0.2) is 0 Å². The van der Waals surface area contributed by atoms with Crippen LogP contribution in [0.2, 0.25) is 0 Å². The molecule has 0 aliphatic heterocycles. The molecule has 0 heterocycles. The number of hydrogen-bond donors (Lipinski definition) is 0. The highest BCUT2D eigenvalue weighted by molar-refractivity contribution is 5.72. The summed E-state index contributed by atoms with van der Waals surface area (Å²) in [4.78, 5) is 38.2. The molecule has 0 aromatic carbocycles. The summed E-state index contributed by atoms with van der Waals surface area (Å²) in [6.07, 6.45) is 88.1. The molecular weight excluding hydrogens is 937 g/mol. The van der Waals surface area contributed by atoms with Crippen LogP contribution in [0.3, 0.4) is 0 Å². The van der Waals surface area contributed by atoms with Crippen molar-refractivity contribution in [2.45, 2.75) is 290 Å². The minimum Gasteiger partial charge on any atom is -0.462 e. The minimum atomic E-state index is -0.842. The van der Waals surface area contributed by atoms with Crippen LogP contribution in [0.15, 0.2) is 122 Å². The molecular formula is C70H116O6. The summed E-state index contributed by atoms with van der Waals surface area (Å²) in [6, 6.07) is 0. The van der Waals surface area contributed by atoms with E-state index in [-0.39, 0.29) is 31.6 Å². The first kappa shape index (κ1) is 71.8. The average Bonchev–Trinajstić information content (AvgIpc) is 3.42. The Morgan fingerprint density at radius 2 is 0.566 bits per heavy atom. The monoisotopic (exact) mass is 1050 g/mol. The zero-order chi connectivity index (χ0) is 55.0. The predicted molar refractivity (Wildman–Crippen MR) is 330 cm³/mol. The van der Waals surface area contributed by atoms with E-state index in [1.807, 2.05) is 6.08 Å². The summed E-state index contributed by atoms with van der Waals surface area (Å²) < 4.78 is 16.8. The van der Waals surface area contributed by atoms with Crippen LogP contribution in [0.1, 0.15) is 284 Å². The van der Waals surface area contributed by atoms with Gasteiger partial charge in [0.05, 0.1) is 6.42 Å². The first-order chi connectivity index (χ1) is 37.5. The van der Waals surface area contributed by atoms with E-state index in [1.165, 1.54) is 135 Å². The third-order valence-corrected chi connectivity index (χ3v) is 13.2. The van der Waals surface area contributed by atoms with Gasteiger partial charge in [0.15, 0.2) is 6.10 Å². The Hall–Kier alpha value is -4.19. The van der Waals surface area contributed by atoms with Crippen LogP contribution in [0.25, 0.3) is 0 Å². The Kier molecular flexibility index (Phi) is 59.9. The summed E-state index contributed by atoms with van der Waals surface area (Å²) >= 11 is 0. The van der Waals surface area contributed by atoms with E-state index in [9.17, 15) is 14.4 Å². The van der Waals surface area contributed by atoms with Crippen molar-refractivity contribution in [2.24, 2.45) is 0 Å². The third-order valence-electron chi connectivity index (χ3n) is 13.2. The molecule has 0 aromatic rings. The van der Waals surface area contributed by atoms with Crippen molar-refractivity contribution in [1.82, 2.24) is 0 Å². The third kappa shape index (κ3) is 60.7. The first-order valence-corrected chi connectivity index (χ1v) is 31.5. The smallest absolute Gasteiger partial charge is 0.310 e. The van der Waals surface area contributed by atoms with Gasteiger partial charge in [-0.15, -0.1) is 0 Å². The van der Waals surface area contributed by atoms with Crippen molar-refractivity contribution in [3.63, 3.8) is 0 Å². The number of carbonyl (C=O) groups excluding carboxylic acids is 3. The van der Waals surface area contributed by atoms with Crippen LogP contribution in [-0.4, -0.2) is 37.2 Å². The fourth-order valence-electron chi connectivity index (χ4n) is 8.48. The van der Waals surface area contributed by atoms with Crippen LogP contribution in [0, 0.1) is 0 Å². The molecule has 0 aromatic heterocycles. The molecule has 76 heavy (non-hydrogen) atoms. The lowest BCUT2D eigenvalue weighted by atomic mass is 10.0.